The number of hydrogen-bond donors (Lipinski definition) is 3. The second-order valence-electron chi connectivity index (χ2n) is 4.16. The number of likely N-dealkylation sites (tertiary alicyclic amines) is 1. The molecule has 0 aliphatic carbocycles. The zero-order valence-electron chi connectivity index (χ0n) is 9.30. The fraction of sp³-hybridized carbons (Fsp3) is 0.800. The van der Waals surface area contributed by atoms with Gasteiger partial charge in [-0.25, -0.2) is 4.79 Å². The Kier molecular flexibility index (Phi) is 4.26. The first-order valence-electron chi connectivity index (χ1n) is 5.41. The average molecular weight is 230 g/mol. The predicted molar refractivity (Wildman–Crippen MR) is 56.6 cm³/mol. The van der Waals surface area contributed by atoms with Crippen LogP contribution in [0.15, 0.2) is 0 Å². The van der Waals surface area contributed by atoms with Gasteiger partial charge in [-0.3, -0.25) is 4.79 Å². The number of aliphatic carboxylic acids is 1. The van der Waals surface area contributed by atoms with Crippen LogP contribution in [-0.4, -0.2) is 51.7 Å². The first-order chi connectivity index (χ1) is 7.45. The first-order valence-corrected chi connectivity index (χ1v) is 5.41. The molecular weight excluding hydrogens is 212 g/mol. The minimum Gasteiger partial charge on any atom is -0.480 e. The molecule has 0 aromatic rings. The van der Waals surface area contributed by atoms with Crippen LogP contribution in [0.4, 0.5) is 0 Å². The fourth-order valence-electron chi connectivity index (χ4n) is 1.81. The van der Waals surface area contributed by atoms with E-state index in [1.54, 1.807) is 0 Å². The van der Waals surface area contributed by atoms with Crippen LogP contribution in [0, 0.1) is 0 Å². The van der Waals surface area contributed by atoms with Crippen molar-refractivity contribution in [2.75, 3.05) is 6.54 Å². The van der Waals surface area contributed by atoms with Gasteiger partial charge in [-0.05, 0) is 6.42 Å². The van der Waals surface area contributed by atoms with Crippen molar-refractivity contribution in [2.24, 2.45) is 5.73 Å². The molecule has 0 aromatic carbocycles. The molecule has 1 heterocycles. The highest BCUT2D eigenvalue weighted by Gasteiger charge is 2.38. The quantitative estimate of drug-likeness (QED) is 0.584. The number of β-amino-alcohol motifs (C(OH)–C–C–N with tert-alkyl or cyclic N) is 1. The van der Waals surface area contributed by atoms with Crippen molar-refractivity contribution in [1.82, 2.24) is 4.90 Å². The van der Waals surface area contributed by atoms with Crippen molar-refractivity contribution in [3.8, 4) is 0 Å². The van der Waals surface area contributed by atoms with Crippen molar-refractivity contribution < 1.29 is 19.8 Å². The normalized spacial score (nSPS) is 26.8. The molecule has 1 saturated heterocycles. The van der Waals surface area contributed by atoms with Gasteiger partial charge in [0.05, 0.1) is 6.10 Å². The number of hydrogen-bond acceptors (Lipinski definition) is 4. The van der Waals surface area contributed by atoms with Gasteiger partial charge in [-0.1, -0.05) is 6.92 Å². The number of carbonyl (C=O) groups is 2. The Bertz CT molecular complexity index is 282. The maximum absolute atomic E-state index is 11.7. The van der Waals surface area contributed by atoms with Crippen molar-refractivity contribution >= 4 is 11.9 Å². The Morgan fingerprint density at radius 2 is 2.19 bits per heavy atom. The topological polar surface area (TPSA) is 104 Å². The summed E-state index contributed by atoms with van der Waals surface area (Å²) in [6, 6.07) is -1.16. The number of carboxylic acid groups (broad SMARTS) is 1. The van der Waals surface area contributed by atoms with Crippen LogP contribution in [0.3, 0.4) is 0 Å². The molecule has 6 heteroatoms. The summed E-state index contributed by atoms with van der Waals surface area (Å²) < 4.78 is 0. The minimum absolute atomic E-state index is 0.0895. The van der Waals surface area contributed by atoms with Gasteiger partial charge in [0.25, 0.3) is 0 Å². The van der Waals surface area contributed by atoms with Crippen LogP contribution in [0.25, 0.3) is 0 Å². The van der Waals surface area contributed by atoms with Crippen molar-refractivity contribution in [2.45, 2.75) is 44.4 Å². The van der Waals surface area contributed by atoms with Crippen LogP contribution >= 0.6 is 0 Å². The van der Waals surface area contributed by atoms with Crippen molar-refractivity contribution in [1.29, 1.82) is 0 Å². The number of carbonyl (C=O) groups excluding carboxylic acids is 1. The lowest BCUT2D eigenvalue weighted by Gasteiger charge is -2.22. The Labute approximate surface area is 94.0 Å². The number of amides is 1. The number of nitrogens with zero attached hydrogens (tertiary/aromatic N) is 1. The van der Waals surface area contributed by atoms with Crippen molar-refractivity contribution in [3.05, 3.63) is 0 Å². The molecule has 1 aliphatic heterocycles. The molecular formula is C10H18N2O4. The highest BCUT2D eigenvalue weighted by Crippen LogP contribution is 2.19. The molecule has 3 atom stereocenters. The van der Waals surface area contributed by atoms with Gasteiger partial charge >= 0.3 is 5.97 Å². The first kappa shape index (κ1) is 12.9. The van der Waals surface area contributed by atoms with E-state index in [9.17, 15) is 14.7 Å². The van der Waals surface area contributed by atoms with Gasteiger partial charge in [0, 0.05) is 25.4 Å². The Morgan fingerprint density at radius 1 is 1.56 bits per heavy atom. The summed E-state index contributed by atoms with van der Waals surface area (Å²) >= 11 is 0. The lowest BCUT2D eigenvalue weighted by atomic mass is 10.1. The Hall–Kier alpha value is -1.14. The Balaban J connectivity index is 2.63. The second-order valence-corrected chi connectivity index (χ2v) is 4.16. The van der Waals surface area contributed by atoms with E-state index in [2.05, 4.69) is 0 Å². The lowest BCUT2D eigenvalue weighted by Crippen LogP contribution is -2.42. The van der Waals surface area contributed by atoms with Gasteiger partial charge in [-0.2, -0.15) is 0 Å². The third-order valence-electron chi connectivity index (χ3n) is 2.85. The number of aliphatic hydroxyl groups excluding tert-OH is 1. The standard InChI is InChI=1S/C10H18N2O4/c1-2-6(11)3-9(14)12-5-7(13)4-8(12)10(15)16/h6-8,13H,2-5,11H2,1H3,(H,15,16)/t6?,7?,8-/m0/s1. The van der Waals surface area contributed by atoms with Gasteiger partial charge < -0.3 is 20.8 Å². The molecule has 1 fully saturated rings. The molecule has 0 saturated carbocycles. The Morgan fingerprint density at radius 3 is 2.69 bits per heavy atom. The van der Waals surface area contributed by atoms with Crippen LogP contribution in [0.2, 0.25) is 0 Å². The van der Waals surface area contributed by atoms with Gasteiger partial charge in [0.1, 0.15) is 6.04 Å². The largest absolute Gasteiger partial charge is 0.480 e. The van der Waals surface area contributed by atoms with E-state index in [1.165, 1.54) is 4.90 Å². The van der Waals surface area contributed by atoms with E-state index >= 15 is 0 Å². The molecule has 16 heavy (non-hydrogen) atoms. The number of rotatable bonds is 4. The summed E-state index contributed by atoms with van der Waals surface area (Å²) in [5.74, 6) is -1.37. The number of aliphatic hydroxyl groups is 1. The predicted octanol–water partition coefficient (Wildman–Crippen LogP) is -0.840. The maximum Gasteiger partial charge on any atom is 0.326 e. The van der Waals surface area contributed by atoms with E-state index in [0.29, 0.717) is 6.42 Å². The summed E-state index contributed by atoms with van der Waals surface area (Å²) in [6.45, 7) is 1.96. The molecule has 1 amide bonds. The molecule has 6 nitrogen and oxygen atoms in total. The minimum atomic E-state index is -1.07. The van der Waals surface area contributed by atoms with E-state index in [1.807, 2.05) is 6.92 Å². The van der Waals surface area contributed by atoms with Crippen LogP contribution in [0.1, 0.15) is 26.2 Å². The van der Waals surface area contributed by atoms with Crippen LogP contribution < -0.4 is 5.73 Å². The highest BCUT2D eigenvalue weighted by atomic mass is 16.4. The average Bonchev–Trinajstić information content (AvgIpc) is 2.60. The molecule has 0 bridgehead atoms. The van der Waals surface area contributed by atoms with Gasteiger partial charge in [-0.15, -0.1) is 0 Å². The zero-order chi connectivity index (χ0) is 12.3. The van der Waals surface area contributed by atoms with E-state index in [0.717, 1.165) is 0 Å². The van der Waals surface area contributed by atoms with E-state index in [-0.39, 0.29) is 31.3 Å². The summed E-state index contributed by atoms with van der Waals surface area (Å²) in [6.07, 6.45) is 0.151. The lowest BCUT2D eigenvalue weighted by molar-refractivity contribution is -0.148. The van der Waals surface area contributed by atoms with E-state index < -0.39 is 18.1 Å². The summed E-state index contributed by atoms with van der Waals surface area (Å²) in [5.41, 5.74) is 5.64. The van der Waals surface area contributed by atoms with Gasteiger partial charge in [0.2, 0.25) is 5.91 Å². The van der Waals surface area contributed by atoms with E-state index in [4.69, 9.17) is 10.8 Å². The monoisotopic (exact) mass is 230 g/mol. The SMILES string of the molecule is CCC(N)CC(=O)N1CC(O)C[C@H]1C(=O)O. The molecule has 0 radical (unpaired) electrons. The molecule has 0 spiro atoms. The zero-order valence-corrected chi connectivity index (χ0v) is 9.30. The van der Waals surface area contributed by atoms with Crippen molar-refractivity contribution in [3.63, 3.8) is 0 Å². The smallest absolute Gasteiger partial charge is 0.326 e. The summed E-state index contributed by atoms with van der Waals surface area (Å²) in [4.78, 5) is 23.8. The fourth-order valence-corrected chi connectivity index (χ4v) is 1.81. The summed E-state index contributed by atoms with van der Waals surface area (Å²) in [5, 5.41) is 18.3. The molecule has 0 aromatic heterocycles. The molecule has 92 valence electrons. The molecule has 1 rings (SSSR count). The highest BCUT2D eigenvalue weighted by molar-refractivity contribution is 5.84. The molecule has 2 unspecified atom stereocenters. The van der Waals surface area contributed by atoms with Crippen LogP contribution in [-0.2, 0) is 9.59 Å². The number of carboxylic acids is 1. The summed E-state index contributed by atoms with van der Waals surface area (Å²) in [7, 11) is 0. The third-order valence-corrected chi connectivity index (χ3v) is 2.85. The molecule has 1 aliphatic rings. The number of nitrogens with two attached hydrogens (primary N) is 1. The molecule has 4 N–H and O–H groups in total. The van der Waals surface area contributed by atoms with Crippen LogP contribution in [0.5, 0.6) is 0 Å². The van der Waals surface area contributed by atoms with Gasteiger partial charge in [0.15, 0.2) is 0 Å². The second kappa shape index (κ2) is 5.27. The third kappa shape index (κ3) is 2.93. The maximum atomic E-state index is 11.7.